The SMILES string of the molecule is C=CCNCCC(N(C)C)C(CC(=O)O)(C(=O)[O-])[N+](C)(C)C. The lowest BCUT2D eigenvalue weighted by Crippen LogP contribution is -2.74. The van der Waals surface area contributed by atoms with Gasteiger partial charge < -0.3 is 29.7 Å². The van der Waals surface area contributed by atoms with Gasteiger partial charge in [0.15, 0.2) is 5.54 Å². The molecule has 0 aromatic heterocycles. The molecule has 2 atom stereocenters. The van der Waals surface area contributed by atoms with Crippen LogP contribution in [0.15, 0.2) is 12.7 Å². The number of carbonyl (C=O) groups is 2. The summed E-state index contributed by atoms with van der Waals surface area (Å²) in [7, 11) is 8.58. The standard InChI is InChI=1S/C15H29N3O4/c1-7-9-16-10-8-12(17(2)3)15(14(21)22,11-13(19)20)18(4,5)6/h7,12,16H,1,8-11H2,2-6H3,(H-,19,20,21,22). The van der Waals surface area contributed by atoms with Crippen LogP contribution in [0.4, 0.5) is 0 Å². The van der Waals surface area contributed by atoms with E-state index in [0.717, 1.165) is 0 Å². The van der Waals surface area contributed by atoms with E-state index in [-0.39, 0.29) is 4.48 Å². The van der Waals surface area contributed by atoms with E-state index in [4.69, 9.17) is 0 Å². The van der Waals surface area contributed by atoms with Crippen molar-refractivity contribution in [2.24, 2.45) is 0 Å². The van der Waals surface area contributed by atoms with Crippen molar-refractivity contribution in [3.8, 4) is 0 Å². The smallest absolute Gasteiger partial charge is 0.310 e. The summed E-state index contributed by atoms with van der Waals surface area (Å²) in [5.74, 6) is -2.49. The van der Waals surface area contributed by atoms with E-state index in [0.29, 0.717) is 19.5 Å². The first-order valence-electron chi connectivity index (χ1n) is 7.23. The van der Waals surface area contributed by atoms with Crippen LogP contribution in [0.25, 0.3) is 0 Å². The number of likely N-dealkylation sites (N-methyl/N-ethyl adjacent to an activating group) is 2. The minimum absolute atomic E-state index is 0.0358. The Morgan fingerprint density at radius 3 is 2.27 bits per heavy atom. The van der Waals surface area contributed by atoms with Gasteiger partial charge in [0.2, 0.25) is 0 Å². The van der Waals surface area contributed by atoms with Gasteiger partial charge in [-0.1, -0.05) is 6.08 Å². The number of quaternary nitrogens is 1. The van der Waals surface area contributed by atoms with Gasteiger partial charge in [0.05, 0.1) is 27.2 Å². The van der Waals surface area contributed by atoms with Crippen LogP contribution in [0.2, 0.25) is 0 Å². The number of hydrogen-bond donors (Lipinski definition) is 2. The van der Waals surface area contributed by atoms with Crippen molar-refractivity contribution in [2.75, 3.05) is 48.3 Å². The summed E-state index contributed by atoms with van der Waals surface area (Å²) >= 11 is 0. The minimum atomic E-state index is -1.55. The van der Waals surface area contributed by atoms with Gasteiger partial charge in [-0.25, -0.2) is 0 Å². The lowest BCUT2D eigenvalue weighted by atomic mass is 9.80. The number of nitrogens with one attached hydrogen (secondary N) is 1. The summed E-state index contributed by atoms with van der Waals surface area (Å²) in [5.41, 5.74) is -1.55. The van der Waals surface area contributed by atoms with Crippen molar-refractivity contribution in [2.45, 2.75) is 24.4 Å². The topological polar surface area (TPSA) is 92.7 Å². The number of carbonyl (C=O) groups excluding carboxylic acids is 1. The maximum Gasteiger partial charge on any atom is 0.310 e. The predicted octanol–water partition coefficient (Wildman–Crippen LogP) is -1.25. The highest BCUT2D eigenvalue weighted by atomic mass is 16.4. The van der Waals surface area contributed by atoms with Crippen molar-refractivity contribution < 1.29 is 24.3 Å². The summed E-state index contributed by atoms with van der Waals surface area (Å²) in [6.07, 6.45) is 1.70. The van der Waals surface area contributed by atoms with Crippen molar-refractivity contribution in [1.29, 1.82) is 0 Å². The van der Waals surface area contributed by atoms with Crippen LogP contribution in [0.5, 0.6) is 0 Å². The normalized spacial score (nSPS) is 16.1. The number of carboxylic acid groups (broad SMARTS) is 2. The Kier molecular flexibility index (Phi) is 7.72. The third-order valence-electron chi connectivity index (χ3n) is 4.03. The van der Waals surface area contributed by atoms with Crippen LogP contribution in [0.3, 0.4) is 0 Å². The fourth-order valence-corrected chi connectivity index (χ4v) is 2.88. The molecule has 2 N–H and O–H groups in total. The van der Waals surface area contributed by atoms with Gasteiger partial charge in [0.1, 0.15) is 12.4 Å². The monoisotopic (exact) mass is 315 g/mol. The quantitative estimate of drug-likeness (QED) is 0.281. The summed E-state index contributed by atoms with van der Waals surface area (Å²) < 4.78 is -0.0358. The number of rotatable bonds is 11. The molecule has 0 aromatic rings. The highest BCUT2D eigenvalue weighted by Crippen LogP contribution is 2.31. The molecule has 2 unspecified atom stereocenters. The second kappa shape index (κ2) is 8.26. The van der Waals surface area contributed by atoms with E-state index in [1.54, 1.807) is 46.2 Å². The largest absolute Gasteiger partial charge is 0.544 e. The van der Waals surface area contributed by atoms with Crippen molar-refractivity contribution in [1.82, 2.24) is 10.2 Å². The van der Waals surface area contributed by atoms with Crippen molar-refractivity contribution in [3.05, 3.63) is 12.7 Å². The Balaban J connectivity index is 5.68. The molecule has 7 nitrogen and oxygen atoms in total. The van der Waals surface area contributed by atoms with Gasteiger partial charge in [-0.3, -0.25) is 4.79 Å². The molecule has 0 fully saturated rings. The molecule has 0 aliphatic rings. The first-order chi connectivity index (χ1) is 10.0. The highest BCUT2D eigenvalue weighted by molar-refractivity contribution is 5.83. The second-order valence-corrected chi connectivity index (χ2v) is 6.56. The van der Waals surface area contributed by atoms with E-state index in [1.807, 2.05) is 0 Å². The first kappa shape index (κ1) is 20.6. The molecule has 0 aliphatic carbocycles. The molecule has 128 valence electrons. The van der Waals surface area contributed by atoms with Crippen LogP contribution in [-0.4, -0.2) is 86.3 Å². The maximum atomic E-state index is 12.0. The number of aliphatic carboxylic acids is 2. The van der Waals surface area contributed by atoms with Gasteiger partial charge in [-0.05, 0) is 27.1 Å². The fraction of sp³-hybridized carbons (Fsp3) is 0.733. The minimum Gasteiger partial charge on any atom is -0.544 e. The second-order valence-electron chi connectivity index (χ2n) is 6.56. The van der Waals surface area contributed by atoms with E-state index in [1.165, 1.54) is 0 Å². The van der Waals surface area contributed by atoms with Crippen LogP contribution in [0.1, 0.15) is 12.8 Å². The Morgan fingerprint density at radius 1 is 1.41 bits per heavy atom. The molecule has 0 spiro atoms. The van der Waals surface area contributed by atoms with E-state index in [9.17, 15) is 19.8 Å². The number of carboxylic acids is 2. The zero-order valence-electron chi connectivity index (χ0n) is 14.3. The average Bonchev–Trinajstić information content (AvgIpc) is 2.34. The zero-order valence-corrected chi connectivity index (χ0v) is 14.3. The third kappa shape index (κ3) is 4.79. The van der Waals surface area contributed by atoms with Crippen LogP contribution in [0, 0.1) is 0 Å². The predicted molar refractivity (Wildman–Crippen MR) is 83.2 cm³/mol. The molecule has 0 rings (SSSR count). The maximum absolute atomic E-state index is 12.0. The van der Waals surface area contributed by atoms with Gasteiger partial charge >= 0.3 is 5.97 Å². The number of hydrogen-bond acceptors (Lipinski definition) is 5. The van der Waals surface area contributed by atoms with Gasteiger partial charge in [-0.15, -0.1) is 6.58 Å². The van der Waals surface area contributed by atoms with Gasteiger partial charge in [-0.2, -0.15) is 0 Å². The molecule has 0 aromatic carbocycles. The first-order valence-corrected chi connectivity index (χ1v) is 7.23. The van der Waals surface area contributed by atoms with E-state index in [2.05, 4.69) is 11.9 Å². The zero-order chi connectivity index (χ0) is 17.6. The lowest BCUT2D eigenvalue weighted by Gasteiger charge is -2.52. The lowest BCUT2D eigenvalue weighted by molar-refractivity contribution is -0.918. The highest BCUT2D eigenvalue weighted by Gasteiger charge is 2.53. The number of nitrogens with zero attached hydrogens (tertiary/aromatic N) is 2. The average molecular weight is 315 g/mol. The molecule has 0 amide bonds. The molecule has 0 bridgehead atoms. The molecule has 0 saturated heterocycles. The summed E-state index contributed by atoms with van der Waals surface area (Å²) in [4.78, 5) is 25.1. The van der Waals surface area contributed by atoms with Crippen LogP contribution in [-0.2, 0) is 9.59 Å². The molecular weight excluding hydrogens is 286 g/mol. The molecule has 0 saturated carbocycles. The fourth-order valence-electron chi connectivity index (χ4n) is 2.88. The van der Waals surface area contributed by atoms with Crippen LogP contribution >= 0.6 is 0 Å². The molecule has 22 heavy (non-hydrogen) atoms. The summed E-state index contributed by atoms with van der Waals surface area (Å²) in [6.45, 7) is 4.78. The Labute approximate surface area is 132 Å². The molecular formula is C15H29N3O4. The Hall–Kier alpha value is -1.44. The van der Waals surface area contributed by atoms with Crippen LogP contribution < -0.4 is 10.4 Å². The van der Waals surface area contributed by atoms with E-state index >= 15 is 0 Å². The summed E-state index contributed by atoms with van der Waals surface area (Å²) in [5, 5.41) is 24.4. The third-order valence-corrected chi connectivity index (χ3v) is 4.03. The molecule has 0 heterocycles. The molecule has 0 radical (unpaired) electrons. The van der Waals surface area contributed by atoms with Crippen molar-refractivity contribution in [3.63, 3.8) is 0 Å². The molecule has 0 aliphatic heterocycles. The van der Waals surface area contributed by atoms with Crippen molar-refractivity contribution >= 4 is 11.9 Å². The summed E-state index contributed by atoms with van der Waals surface area (Å²) in [6, 6.07) is -0.495. The Morgan fingerprint density at radius 2 is 1.95 bits per heavy atom. The van der Waals surface area contributed by atoms with Gasteiger partial charge in [0, 0.05) is 6.54 Å². The van der Waals surface area contributed by atoms with Gasteiger partial charge in [0.25, 0.3) is 0 Å². The molecule has 7 heteroatoms. The van der Waals surface area contributed by atoms with E-state index < -0.39 is 29.9 Å². The Bertz CT molecular complexity index is 404.